The molecule has 0 aromatic carbocycles. The van der Waals surface area contributed by atoms with Crippen LogP contribution in [0.25, 0.3) is 0 Å². The third-order valence-electron chi connectivity index (χ3n) is 8.39. The van der Waals surface area contributed by atoms with Crippen LogP contribution in [0.15, 0.2) is 9.29 Å². The Morgan fingerprint density at radius 2 is 1.06 bits per heavy atom. The quantitative estimate of drug-likeness (QED) is 0.131. The molecule has 0 amide bonds. The Morgan fingerprint density at radius 3 is 1.32 bits per heavy atom. The maximum absolute atomic E-state index is 7.52. The van der Waals surface area contributed by atoms with Crippen LogP contribution in [0.2, 0.25) is 49.6 Å². The zero-order valence-electron chi connectivity index (χ0n) is 26.1. The first-order chi connectivity index (χ1) is 15.8. The zero-order valence-corrected chi connectivity index (χ0v) is 30.9. The van der Waals surface area contributed by atoms with E-state index < -0.39 is 34.8 Å². The van der Waals surface area contributed by atoms with E-state index in [1.54, 1.807) is 13.3 Å². The Bertz CT molecular complexity index is 519. The predicted octanol–water partition coefficient (Wildman–Crippen LogP) is 11.5. The van der Waals surface area contributed by atoms with E-state index in [-0.39, 0.29) is 0 Å². The van der Waals surface area contributed by atoms with Crippen LogP contribution in [0.3, 0.4) is 0 Å². The van der Waals surface area contributed by atoms with E-state index in [2.05, 4.69) is 98.2 Å². The molecular weight excluding hydrogens is 551 g/mol. The van der Waals surface area contributed by atoms with Gasteiger partial charge in [0.1, 0.15) is 0 Å². The molecule has 1 nitrogen and oxygen atoms in total. The summed E-state index contributed by atoms with van der Waals surface area (Å²) in [7, 11) is -3.33. The van der Waals surface area contributed by atoms with E-state index in [9.17, 15) is 0 Å². The molecule has 0 aromatic rings. The first-order valence-corrected chi connectivity index (χ1v) is 28.3. The van der Waals surface area contributed by atoms with Gasteiger partial charge in [0, 0.05) is 0 Å². The van der Waals surface area contributed by atoms with Crippen LogP contribution >= 0.6 is 0 Å². The summed E-state index contributed by atoms with van der Waals surface area (Å²) in [6, 6.07) is 0. The molecule has 0 fully saturated rings. The minimum absolute atomic E-state index is 0.339. The number of unbranched alkanes of at least 4 members (excludes halogenated alkanes) is 3. The van der Waals surface area contributed by atoms with Crippen LogP contribution in [0, 0.1) is 0 Å². The predicted molar refractivity (Wildman–Crippen MR) is 167 cm³/mol. The first kappa shape index (κ1) is 34.9. The summed E-state index contributed by atoms with van der Waals surface area (Å²) in [5.41, 5.74) is 1.97. The van der Waals surface area contributed by atoms with Gasteiger partial charge in [-0.1, -0.05) is 0 Å². The van der Waals surface area contributed by atoms with Gasteiger partial charge in [-0.05, 0) is 0 Å². The van der Waals surface area contributed by atoms with Crippen molar-refractivity contribution in [3.8, 4) is 0 Å². The molecule has 1 unspecified atom stereocenters. The van der Waals surface area contributed by atoms with Crippen molar-refractivity contribution in [2.24, 2.45) is 0 Å². The van der Waals surface area contributed by atoms with E-state index >= 15 is 0 Å². The van der Waals surface area contributed by atoms with E-state index in [1.165, 1.54) is 51.4 Å². The Hall–Kier alpha value is 0.932. The van der Waals surface area contributed by atoms with Gasteiger partial charge in [0.15, 0.2) is 0 Å². The maximum atomic E-state index is 7.52. The molecule has 4 heteroatoms. The summed E-state index contributed by atoms with van der Waals surface area (Å²) in [5.74, 6) is 0. The molecule has 0 aromatic heterocycles. The van der Waals surface area contributed by atoms with Crippen LogP contribution in [0.4, 0.5) is 0 Å². The van der Waals surface area contributed by atoms with Crippen molar-refractivity contribution in [3.05, 3.63) is 9.29 Å². The molecule has 0 saturated carbocycles. The summed E-state index contributed by atoms with van der Waals surface area (Å²) in [5, 5.41) is 0. The second kappa shape index (κ2) is 16.7. The van der Waals surface area contributed by atoms with Gasteiger partial charge in [-0.15, -0.1) is 0 Å². The molecule has 0 rings (SSSR count). The van der Waals surface area contributed by atoms with Gasteiger partial charge in [0.25, 0.3) is 0 Å². The van der Waals surface area contributed by atoms with Gasteiger partial charge in [0.2, 0.25) is 0 Å². The number of hydrogen-bond donors (Lipinski definition) is 0. The van der Waals surface area contributed by atoms with Crippen molar-refractivity contribution in [3.63, 3.8) is 0 Å². The van der Waals surface area contributed by atoms with Gasteiger partial charge in [-0.25, -0.2) is 0 Å². The van der Waals surface area contributed by atoms with Crippen molar-refractivity contribution in [2.75, 3.05) is 0 Å². The van der Waals surface area contributed by atoms with Crippen molar-refractivity contribution in [1.82, 2.24) is 0 Å². The molecule has 0 spiro atoms. The Balaban J connectivity index is 6.83. The summed E-state index contributed by atoms with van der Waals surface area (Å²) in [6.07, 6.45) is 14.0. The van der Waals surface area contributed by atoms with Crippen LogP contribution in [-0.2, 0) is 4.43 Å². The van der Waals surface area contributed by atoms with Crippen molar-refractivity contribution in [1.29, 1.82) is 0 Å². The summed E-state index contributed by atoms with van der Waals surface area (Å²) < 4.78 is 14.3. The molecule has 0 N–H and O–H groups in total. The first-order valence-electron chi connectivity index (χ1n) is 15.2. The van der Waals surface area contributed by atoms with Gasteiger partial charge < -0.3 is 0 Å². The molecule has 1 atom stereocenters. The Labute approximate surface area is 223 Å². The number of hydrogen-bond acceptors (Lipinski definition) is 1. The summed E-state index contributed by atoms with van der Waals surface area (Å²) in [4.78, 5) is 0. The van der Waals surface area contributed by atoms with Gasteiger partial charge in [0.05, 0.1) is 0 Å². The third kappa shape index (κ3) is 10.0. The molecule has 0 bridgehead atoms. The minimum atomic E-state index is -2.49. The Kier molecular flexibility index (Phi) is 17.2. The summed E-state index contributed by atoms with van der Waals surface area (Å²) in [6.45, 7) is 32.3. The average molecular weight is 618 g/mol. The van der Waals surface area contributed by atoms with Crippen molar-refractivity contribution < 1.29 is 4.43 Å². The van der Waals surface area contributed by atoms with Crippen molar-refractivity contribution >= 4 is 34.8 Å². The molecular formula is C30H66OSi2Sn. The monoisotopic (exact) mass is 618 g/mol. The van der Waals surface area contributed by atoms with Crippen molar-refractivity contribution in [2.45, 2.75) is 176 Å². The van der Waals surface area contributed by atoms with E-state index in [0.717, 1.165) is 0 Å². The van der Waals surface area contributed by atoms with E-state index in [4.69, 9.17) is 4.43 Å². The summed E-state index contributed by atoms with van der Waals surface area (Å²) >= 11 is -2.49. The molecule has 204 valence electrons. The molecule has 0 saturated heterocycles. The fraction of sp³-hybridized carbons (Fsp3) is 0.933. The van der Waals surface area contributed by atoms with Gasteiger partial charge >= 0.3 is 225 Å². The van der Waals surface area contributed by atoms with Crippen LogP contribution in [-0.4, -0.2) is 40.9 Å². The number of rotatable bonds is 19. The van der Waals surface area contributed by atoms with Gasteiger partial charge in [-0.2, -0.15) is 0 Å². The van der Waals surface area contributed by atoms with Crippen LogP contribution in [0.1, 0.15) is 121 Å². The topological polar surface area (TPSA) is 9.23 Å². The second-order valence-electron chi connectivity index (χ2n) is 13.2. The SMILES string of the molecule is CCC[CH2][Sn]([CH2]CCC)([CH2]CCC)/[C](=C\C(CCC)O[Si](C(C)C)(C(C)C)C(C)C)[Si](C)(C)C. The normalized spacial score (nSPS) is 15.1. The van der Waals surface area contributed by atoms with E-state index in [0.29, 0.717) is 22.7 Å². The molecule has 0 aliphatic carbocycles. The molecule has 0 aliphatic heterocycles. The van der Waals surface area contributed by atoms with Crippen LogP contribution < -0.4 is 0 Å². The van der Waals surface area contributed by atoms with E-state index in [1.807, 2.05) is 0 Å². The molecule has 0 heterocycles. The molecule has 0 radical (unpaired) electrons. The second-order valence-corrected chi connectivity index (χ2v) is 38.2. The third-order valence-corrected chi connectivity index (χ3v) is 41.2. The fourth-order valence-corrected chi connectivity index (χ4v) is 45.6. The standard InChI is InChI=1S/C18H39OSi2.3C4H9.Sn/c1-11-12-18(13-14-20(8,9)10)19-21(15(2)3,16(4)5)17(6)7;3*1-3-4-2;/h13,15-18H,11-12H2,1-10H3;3*1,3-4H2,2H3;. The Morgan fingerprint density at radius 1 is 0.676 bits per heavy atom. The zero-order chi connectivity index (χ0) is 26.6. The molecule has 34 heavy (non-hydrogen) atoms. The van der Waals surface area contributed by atoms with Crippen LogP contribution in [0.5, 0.6) is 0 Å². The average Bonchev–Trinajstić information content (AvgIpc) is 2.74. The fourth-order valence-electron chi connectivity index (χ4n) is 6.86. The van der Waals surface area contributed by atoms with Gasteiger partial charge in [-0.3, -0.25) is 0 Å². The molecule has 0 aliphatic rings.